The first-order chi connectivity index (χ1) is 20.1. The summed E-state index contributed by atoms with van der Waals surface area (Å²) in [5, 5.41) is 3.12. The van der Waals surface area contributed by atoms with E-state index in [1.807, 2.05) is 43.6 Å². The molecular weight excluding hydrogens is 550 g/mol. The third-order valence-electron chi connectivity index (χ3n) is 7.85. The molecule has 2 saturated heterocycles. The monoisotopic (exact) mass is 601 g/mol. The molecule has 1 aromatic rings. The number of esters is 2. The smallest absolute Gasteiger partial charge is 0.410 e. The Hall–Kier alpha value is -3.30. The number of hydrogen-bond donors (Lipinski definition) is 1. The number of rotatable bonds is 8. The fourth-order valence-electron chi connectivity index (χ4n) is 5.77. The lowest BCUT2D eigenvalue weighted by Crippen LogP contribution is -2.45. The van der Waals surface area contributed by atoms with Crippen LogP contribution in [0, 0.1) is 18.8 Å². The second-order valence-corrected chi connectivity index (χ2v) is 13.7. The maximum Gasteiger partial charge on any atom is 0.410 e. The highest BCUT2D eigenvalue weighted by molar-refractivity contribution is 5.95. The van der Waals surface area contributed by atoms with Gasteiger partial charge in [-0.15, -0.1) is 0 Å². The highest BCUT2D eigenvalue weighted by Gasteiger charge is 2.34. The molecule has 0 aliphatic carbocycles. The van der Waals surface area contributed by atoms with Gasteiger partial charge in [0.15, 0.2) is 0 Å². The molecule has 0 spiro atoms. The molecule has 2 fully saturated rings. The summed E-state index contributed by atoms with van der Waals surface area (Å²) < 4.78 is 16.1. The van der Waals surface area contributed by atoms with Crippen molar-refractivity contribution in [1.82, 2.24) is 9.80 Å². The quantitative estimate of drug-likeness (QED) is 0.304. The summed E-state index contributed by atoms with van der Waals surface area (Å²) in [6.45, 7) is 17.6. The van der Waals surface area contributed by atoms with Crippen molar-refractivity contribution in [3.8, 4) is 0 Å². The summed E-state index contributed by atoms with van der Waals surface area (Å²) in [7, 11) is 0. The number of carbonyl (C=O) groups excluding carboxylic acids is 4. The number of carbonyl (C=O) groups is 4. The Kier molecular flexibility index (Phi) is 11.5. The van der Waals surface area contributed by atoms with Crippen LogP contribution >= 0.6 is 0 Å². The van der Waals surface area contributed by atoms with Crippen LogP contribution in [0.1, 0.15) is 96.5 Å². The fourth-order valence-corrected chi connectivity index (χ4v) is 5.77. The first-order valence-corrected chi connectivity index (χ1v) is 15.6. The van der Waals surface area contributed by atoms with Crippen LogP contribution in [0.5, 0.6) is 0 Å². The summed E-state index contributed by atoms with van der Waals surface area (Å²) >= 11 is 0. The topological polar surface area (TPSA) is 114 Å². The Morgan fingerprint density at radius 2 is 1.40 bits per heavy atom. The molecule has 0 aromatic heterocycles. The fraction of sp³-hybridized carbons (Fsp3) is 0.697. The summed E-state index contributed by atoms with van der Waals surface area (Å²) in [4.78, 5) is 54.6. The summed E-state index contributed by atoms with van der Waals surface area (Å²) in [5.74, 6) is 0.0498. The van der Waals surface area contributed by atoms with Crippen LogP contribution in [0.2, 0.25) is 0 Å². The van der Waals surface area contributed by atoms with Crippen LogP contribution in [0.3, 0.4) is 0 Å². The van der Waals surface area contributed by atoms with Gasteiger partial charge in [-0.2, -0.15) is 0 Å². The van der Waals surface area contributed by atoms with Crippen molar-refractivity contribution in [3.05, 3.63) is 29.3 Å². The Balaban J connectivity index is 1.54. The molecule has 43 heavy (non-hydrogen) atoms. The van der Waals surface area contributed by atoms with E-state index in [9.17, 15) is 19.2 Å². The van der Waals surface area contributed by atoms with Gasteiger partial charge in [0.05, 0.1) is 13.0 Å². The number of amides is 2. The molecule has 2 heterocycles. The van der Waals surface area contributed by atoms with Crippen molar-refractivity contribution in [2.24, 2.45) is 11.8 Å². The molecule has 3 rings (SSSR count). The van der Waals surface area contributed by atoms with Gasteiger partial charge in [-0.05, 0) is 117 Å². The van der Waals surface area contributed by atoms with Gasteiger partial charge < -0.3 is 29.3 Å². The van der Waals surface area contributed by atoms with Gasteiger partial charge >= 0.3 is 18.0 Å². The summed E-state index contributed by atoms with van der Waals surface area (Å²) in [6, 6.07) is 4.44. The number of benzene rings is 1. The van der Waals surface area contributed by atoms with E-state index in [1.54, 1.807) is 39.8 Å². The van der Waals surface area contributed by atoms with E-state index in [4.69, 9.17) is 14.2 Å². The third-order valence-corrected chi connectivity index (χ3v) is 7.85. The number of likely N-dealkylation sites (tertiary alicyclic amines) is 2. The zero-order chi connectivity index (χ0) is 31.9. The molecule has 1 aromatic carbocycles. The lowest BCUT2D eigenvalue weighted by atomic mass is 9.79. The second kappa shape index (κ2) is 14.4. The van der Waals surface area contributed by atoms with Gasteiger partial charge in [0.2, 0.25) is 0 Å². The molecule has 240 valence electrons. The Bertz CT molecular complexity index is 1140. The molecule has 2 aliphatic rings. The highest BCUT2D eigenvalue weighted by atomic mass is 16.6. The molecule has 1 atom stereocenters. The average molecular weight is 602 g/mol. The molecule has 0 radical (unpaired) electrons. The van der Waals surface area contributed by atoms with Gasteiger partial charge in [-0.3, -0.25) is 9.59 Å². The maximum absolute atomic E-state index is 13.4. The number of anilines is 1. The van der Waals surface area contributed by atoms with Gasteiger partial charge in [-0.1, -0.05) is 0 Å². The van der Waals surface area contributed by atoms with Crippen LogP contribution in [-0.2, 0) is 23.8 Å². The minimum atomic E-state index is -0.912. The molecule has 2 aliphatic heterocycles. The van der Waals surface area contributed by atoms with Gasteiger partial charge in [0, 0.05) is 37.4 Å². The van der Waals surface area contributed by atoms with Gasteiger partial charge in [0.25, 0.3) is 5.91 Å². The van der Waals surface area contributed by atoms with Crippen molar-refractivity contribution < 1.29 is 33.4 Å². The largest absolute Gasteiger partial charge is 0.464 e. The predicted octanol–water partition coefficient (Wildman–Crippen LogP) is 5.57. The number of nitrogens with zero attached hydrogens (tertiary/aromatic N) is 2. The lowest BCUT2D eigenvalue weighted by Gasteiger charge is -2.40. The normalized spacial score (nSPS) is 17.7. The van der Waals surface area contributed by atoms with Crippen molar-refractivity contribution in [1.29, 1.82) is 0 Å². The first-order valence-electron chi connectivity index (χ1n) is 15.6. The SMILES string of the molecule is CCOC(=O)[C@@H](CC(=O)OC(C)(C)C)Nc1ccc(C(=O)N2CCC(C3CCN(C(=O)OC(C)(C)C)CC3)CC2)cc1C. The Morgan fingerprint density at radius 1 is 0.860 bits per heavy atom. The van der Waals surface area contributed by atoms with E-state index in [-0.39, 0.29) is 25.0 Å². The van der Waals surface area contributed by atoms with Crippen LogP contribution in [0.15, 0.2) is 18.2 Å². The zero-order valence-electron chi connectivity index (χ0n) is 27.3. The summed E-state index contributed by atoms with van der Waals surface area (Å²) in [5.41, 5.74) is 0.870. The Labute approximate surface area is 256 Å². The predicted molar refractivity (Wildman–Crippen MR) is 165 cm³/mol. The van der Waals surface area contributed by atoms with Crippen molar-refractivity contribution >= 4 is 29.6 Å². The molecular formula is C33H51N3O7. The van der Waals surface area contributed by atoms with E-state index in [0.29, 0.717) is 49.3 Å². The molecule has 10 heteroatoms. The van der Waals surface area contributed by atoms with Gasteiger partial charge in [0.1, 0.15) is 17.2 Å². The van der Waals surface area contributed by atoms with E-state index in [2.05, 4.69) is 5.32 Å². The molecule has 0 saturated carbocycles. The molecule has 0 bridgehead atoms. The van der Waals surface area contributed by atoms with Crippen molar-refractivity contribution in [3.63, 3.8) is 0 Å². The maximum atomic E-state index is 13.4. The van der Waals surface area contributed by atoms with Crippen LogP contribution in [-0.4, -0.2) is 83.8 Å². The molecule has 2 amide bonds. The highest BCUT2D eigenvalue weighted by Crippen LogP contribution is 2.33. The minimum Gasteiger partial charge on any atom is -0.464 e. The van der Waals surface area contributed by atoms with Crippen LogP contribution in [0.4, 0.5) is 10.5 Å². The Morgan fingerprint density at radius 3 is 1.88 bits per heavy atom. The molecule has 0 unspecified atom stereocenters. The summed E-state index contributed by atoms with van der Waals surface area (Å²) in [6.07, 6.45) is 3.42. The standard InChI is InChI=1S/C33H51N3O7/c1-9-41-30(39)27(21-28(37)42-32(3,4)5)34-26-11-10-25(20-22(26)2)29(38)35-16-12-23(13-17-35)24-14-18-36(19-15-24)31(40)43-33(6,7)8/h10-11,20,23-24,27,34H,9,12-19,21H2,1-8H3/t27-/m1/s1. The van der Waals surface area contributed by atoms with E-state index in [1.165, 1.54) is 0 Å². The zero-order valence-corrected chi connectivity index (χ0v) is 27.3. The number of aryl methyl sites for hydroxylation is 1. The molecule has 1 N–H and O–H groups in total. The van der Waals surface area contributed by atoms with E-state index < -0.39 is 29.2 Å². The minimum absolute atomic E-state index is 0.0106. The van der Waals surface area contributed by atoms with Crippen molar-refractivity contribution in [2.75, 3.05) is 38.1 Å². The van der Waals surface area contributed by atoms with Crippen molar-refractivity contribution in [2.45, 2.75) is 105 Å². The number of nitrogens with one attached hydrogen (secondary N) is 1. The molecule has 10 nitrogen and oxygen atoms in total. The lowest BCUT2D eigenvalue weighted by molar-refractivity contribution is -0.158. The first kappa shape index (κ1) is 34.2. The average Bonchev–Trinajstić information content (AvgIpc) is 2.91. The van der Waals surface area contributed by atoms with Crippen LogP contribution < -0.4 is 5.32 Å². The third kappa shape index (κ3) is 10.4. The second-order valence-electron chi connectivity index (χ2n) is 13.7. The van der Waals surface area contributed by atoms with E-state index >= 15 is 0 Å². The van der Waals surface area contributed by atoms with Gasteiger partial charge in [-0.25, -0.2) is 9.59 Å². The van der Waals surface area contributed by atoms with E-state index in [0.717, 1.165) is 31.2 Å². The number of ether oxygens (including phenoxy) is 3. The number of hydrogen-bond acceptors (Lipinski definition) is 8. The van der Waals surface area contributed by atoms with Crippen LogP contribution in [0.25, 0.3) is 0 Å². The number of piperidine rings is 2.